The molecule has 4 heteroatoms. The Morgan fingerprint density at radius 2 is 1.90 bits per heavy atom. The summed E-state index contributed by atoms with van der Waals surface area (Å²) in [6.07, 6.45) is 7.42. The summed E-state index contributed by atoms with van der Waals surface area (Å²) in [5.41, 5.74) is 3.77. The molecule has 3 rings (SSSR count). The number of nitrogens with zero attached hydrogens (tertiary/aromatic N) is 2. The molecular formula is C16H13N3O. The predicted octanol–water partition coefficient (Wildman–Crippen LogP) is 3.35. The lowest BCUT2D eigenvalue weighted by atomic mass is 10.1. The number of aromatic nitrogens is 3. The Labute approximate surface area is 116 Å². The van der Waals surface area contributed by atoms with Gasteiger partial charge in [-0.3, -0.25) is 10.1 Å². The molecule has 0 spiro atoms. The Morgan fingerprint density at radius 1 is 1.05 bits per heavy atom. The number of benzene rings is 1. The van der Waals surface area contributed by atoms with Crippen molar-refractivity contribution >= 4 is 12.2 Å². The van der Waals surface area contributed by atoms with Gasteiger partial charge in [-0.25, -0.2) is 0 Å². The van der Waals surface area contributed by atoms with Crippen molar-refractivity contribution in [3.05, 3.63) is 66.1 Å². The summed E-state index contributed by atoms with van der Waals surface area (Å²) in [6, 6.07) is 12.8. The minimum absolute atomic E-state index is 0.266. The Kier molecular flexibility index (Phi) is 3.29. The number of aromatic hydroxyl groups is 1. The molecule has 0 fully saturated rings. The molecule has 0 bridgehead atoms. The van der Waals surface area contributed by atoms with Crippen molar-refractivity contribution < 1.29 is 5.11 Å². The van der Waals surface area contributed by atoms with Gasteiger partial charge in [0.15, 0.2) is 0 Å². The van der Waals surface area contributed by atoms with Crippen LogP contribution < -0.4 is 0 Å². The van der Waals surface area contributed by atoms with Gasteiger partial charge in [0.05, 0.1) is 11.4 Å². The first-order valence-electron chi connectivity index (χ1n) is 6.24. The van der Waals surface area contributed by atoms with Crippen LogP contribution in [0.25, 0.3) is 23.4 Å². The number of H-pyrrole nitrogens is 1. The molecular weight excluding hydrogens is 250 g/mol. The number of aromatic amines is 1. The normalized spacial score (nSPS) is 11.0. The predicted molar refractivity (Wildman–Crippen MR) is 78.9 cm³/mol. The summed E-state index contributed by atoms with van der Waals surface area (Å²) in [5, 5.41) is 16.5. The first kappa shape index (κ1) is 12.2. The minimum Gasteiger partial charge on any atom is -0.508 e. The van der Waals surface area contributed by atoms with Crippen LogP contribution in [0.15, 0.2) is 54.9 Å². The number of nitrogens with one attached hydrogen (secondary N) is 1. The van der Waals surface area contributed by atoms with E-state index in [-0.39, 0.29) is 5.75 Å². The molecule has 3 aromatic rings. The van der Waals surface area contributed by atoms with Crippen LogP contribution in [0.4, 0.5) is 0 Å². The van der Waals surface area contributed by atoms with Gasteiger partial charge >= 0.3 is 0 Å². The molecule has 1 aromatic carbocycles. The number of hydrogen-bond acceptors (Lipinski definition) is 3. The standard InChI is InChI=1S/C16H13N3O/c20-15-7-4-12(5-8-15)3-6-14-10-16(19-18-14)13-2-1-9-17-11-13/h1-11,20H,(H,18,19)/b6-3+. The zero-order valence-electron chi connectivity index (χ0n) is 10.7. The number of pyridine rings is 1. The average Bonchev–Trinajstić information content (AvgIpc) is 2.97. The third-order valence-electron chi connectivity index (χ3n) is 2.90. The molecule has 20 heavy (non-hydrogen) atoms. The van der Waals surface area contributed by atoms with Crippen molar-refractivity contribution in [1.82, 2.24) is 15.2 Å². The van der Waals surface area contributed by atoms with Gasteiger partial charge in [0.1, 0.15) is 5.75 Å². The van der Waals surface area contributed by atoms with Gasteiger partial charge in [0, 0.05) is 18.0 Å². The maximum Gasteiger partial charge on any atom is 0.115 e. The van der Waals surface area contributed by atoms with E-state index in [4.69, 9.17) is 0 Å². The lowest BCUT2D eigenvalue weighted by Crippen LogP contribution is -1.78. The van der Waals surface area contributed by atoms with Crippen LogP contribution in [0, 0.1) is 0 Å². The fraction of sp³-hybridized carbons (Fsp3) is 0. The highest BCUT2D eigenvalue weighted by molar-refractivity contribution is 5.70. The van der Waals surface area contributed by atoms with Crippen LogP contribution in [0.3, 0.4) is 0 Å². The molecule has 2 N–H and O–H groups in total. The van der Waals surface area contributed by atoms with E-state index in [1.54, 1.807) is 24.5 Å². The van der Waals surface area contributed by atoms with Gasteiger partial charge in [-0.15, -0.1) is 0 Å². The van der Waals surface area contributed by atoms with E-state index >= 15 is 0 Å². The quantitative estimate of drug-likeness (QED) is 0.761. The Morgan fingerprint density at radius 3 is 2.65 bits per heavy atom. The van der Waals surface area contributed by atoms with Gasteiger partial charge in [0.2, 0.25) is 0 Å². The molecule has 0 amide bonds. The number of rotatable bonds is 3. The first-order valence-corrected chi connectivity index (χ1v) is 6.24. The van der Waals surface area contributed by atoms with Gasteiger partial charge < -0.3 is 5.11 Å². The summed E-state index contributed by atoms with van der Waals surface area (Å²) < 4.78 is 0. The summed E-state index contributed by atoms with van der Waals surface area (Å²) in [5.74, 6) is 0.266. The molecule has 0 atom stereocenters. The third-order valence-corrected chi connectivity index (χ3v) is 2.90. The number of phenols is 1. The van der Waals surface area contributed by atoms with E-state index in [1.165, 1.54) is 0 Å². The van der Waals surface area contributed by atoms with Crippen molar-refractivity contribution in [3.8, 4) is 17.0 Å². The monoisotopic (exact) mass is 263 g/mol. The number of phenolic OH excluding ortho intramolecular Hbond substituents is 1. The zero-order valence-corrected chi connectivity index (χ0v) is 10.7. The Hall–Kier alpha value is -2.88. The topological polar surface area (TPSA) is 61.8 Å². The van der Waals surface area contributed by atoms with Crippen molar-refractivity contribution in [2.75, 3.05) is 0 Å². The molecule has 0 aliphatic carbocycles. The molecule has 0 saturated carbocycles. The van der Waals surface area contributed by atoms with Crippen molar-refractivity contribution in [2.24, 2.45) is 0 Å². The fourth-order valence-corrected chi connectivity index (χ4v) is 1.86. The Bertz CT molecular complexity index is 715. The third kappa shape index (κ3) is 2.75. The van der Waals surface area contributed by atoms with Gasteiger partial charge in [-0.2, -0.15) is 5.10 Å². The van der Waals surface area contributed by atoms with Crippen molar-refractivity contribution in [2.45, 2.75) is 0 Å². The van der Waals surface area contributed by atoms with Crippen LogP contribution in [-0.2, 0) is 0 Å². The minimum atomic E-state index is 0.266. The highest BCUT2D eigenvalue weighted by Crippen LogP contribution is 2.17. The van der Waals surface area contributed by atoms with E-state index in [2.05, 4.69) is 15.2 Å². The van der Waals surface area contributed by atoms with Crippen LogP contribution in [0.2, 0.25) is 0 Å². The molecule has 0 radical (unpaired) electrons. The molecule has 0 aliphatic heterocycles. The summed E-state index contributed by atoms with van der Waals surface area (Å²) in [6.45, 7) is 0. The lowest BCUT2D eigenvalue weighted by molar-refractivity contribution is 0.475. The van der Waals surface area contributed by atoms with Crippen LogP contribution in [-0.4, -0.2) is 20.3 Å². The maximum absolute atomic E-state index is 9.23. The highest BCUT2D eigenvalue weighted by atomic mass is 16.3. The van der Waals surface area contributed by atoms with Crippen molar-refractivity contribution in [1.29, 1.82) is 0 Å². The van der Waals surface area contributed by atoms with Crippen LogP contribution in [0.5, 0.6) is 5.75 Å². The van der Waals surface area contributed by atoms with E-state index in [9.17, 15) is 5.11 Å². The largest absolute Gasteiger partial charge is 0.508 e. The van der Waals surface area contributed by atoms with E-state index in [0.717, 1.165) is 22.5 Å². The maximum atomic E-state index is 9.23. The second kappa shape index (κ2) is 5.40. The first-order chi connectivity index (χ1) is 9.81. The molecule has 0 saturated heterocycles. The van der Waals surface area contributed by atoms with Crippen molar-refractivity contribution in [3.63, 3.8) is 0 Å². The lowest BCUT2D eigenvalue weighted by Gasteiger charge is -1.93. The van der Waals surface area contributed by atoms with Crippen LogP contribution in [0.1, 0.15) is 11.3 Å². The Balaban J connectivity index is 1.79. The summed E-state index contributed by atoms with van der Waals surface area (Å²) >= 11 is 0. The molecule has 98 valence electrons. The van der Waals surface area contributed by atoms with E-state index in [1.807, 2.05) is 42.5 Å². The van der Waals surface area contributed by atoms with Crippen LogP contribution >= 0.6 is 0 Å². The van der Waals surface area contributed by atoms with E-state index < -0.39 is 0 Å². The average molecular weight is 263 g/mol. The van der Waals surface area contributed by atoms with E-state index in [0.29, 0.717) is 0 Å². The second-order valence-corrected chi connectivity index (χ2v) is 4.38. The van der Waals surface area contributed by atoms with Gasteiger partial charge in [-0.05, 0) is 42.0 Å². The van der Waals surface area contributed by atoms with Gasteiger partial charge in [-0.1, -0.05) is 18.2 Å². The molecule has 4 nitrogen and oxygen atoms in total. The highest BCUT2D eigenvalue weighted by Gasteiger charge is 2.01. The molecule has 0 aliphatic rings. The smallest absolute Gasteiger partial charge is 0.115 e. The summed E-state index contributed by atoms with van der Waals surface area (Å²) in [4.78, 5) is 4.08. The second-order valence-electron chi connectivity index (χ2n) is 4.38. The number of hydrogen-bond donors (Lipinski definition) is 2. The fourth-order valence-electron chi connectivity index (χ4n) is 1.86. The molecule has 2 heterocycles. The SMILES string of the molecule is Oc1ccc(/C=C/c2cc(-c3cccnc3)n[nH]2)cc1. The van der Waals surface area contributed by atoms with Gasteiger partial charge in [0.25, 0.3) is 0 Å². The summed E-state index contributed by atoms with van der Waals surface area (Å²) in [7, 11) is 0. The zero-order chi connectivity index (χ0) is 13.8. The molecule has 2 aromatic heterocycles. The molecule has 0 unspecified atom stereocenters.